The number of hydrogen-bond acceptors (Lipinski definition) is 3. The summed E-state index contributed by atoms with van der Waals surface area (Å²) in [5.41, 5.74) is 6.62. The highest BCUT2D eigenvalue weighted by atomic mass is 19.1. The van der Waals surface area contributed by atoms with Gasteiger partial charge in [-0.15, -0.1) is 5.10 Å². The molecular formula is C12H13FN4O. The fraction of sp³-hybridized carbons (Fsp3) is 0.250. The Morgan fingerprint density at radius 1 is 1.44 bits per heavy atom. The number of amides is 1. The largest absolute Gasteiger partial charge is 0.369 e. The van der Waals surface area contributed by atoms with E-state index in [9.17, 15) is 9.18 Å². The Labute approximate surface area is 103 Å². The molecule has 18 heavy (non-hydrogen) atoms. The van der Waals surface area contributed by atoms with Crippen LogP contribution in [0.1, 0.15) is 24.1 Å². The van der Waals surface area contributed by atoms with Gasteiger partial charge in [-0.3, -0.25) is 4.79 Å². The summed E-state index contributed by atoms with van der Waals surface area (Å²) in [4.78, 5) is 11.0. The van der Waals surface area contributed by atoms with Crippen molar-refractivity contribution >= 4 is 5.91 Å². The number of carbonyl (C=O) groups is 1. The molecule has 0 fully saturated rings. The lowest BCUT2D eigenvalue weighted by Gasteiger charge is -2.01. The molecule has 0 aliphatic carbocycles. The molecule has 0 aliphatic heterocycles. The quantitative estimate of drug-likeness (QED) is 0.879. The molecule has 1 atom stereocenters. The Morgan fingerprint density at radius 3 is 2.72 bits per heavy atom. The van der Waals surface area contributed by atoms with Crippen LogP contribution < -0.4 is 5.73 Å². The first-order chi connectivity index (χ1) is 8.56. The van der Waals surface area contributed by atoms with E-state index in [1.807, 2.05) is 0 Å². The van der Waals surface area contributed by atoms with Crippen LogP contribution in [0.4, 0.5) is 4.39 Å². The molecule has 0 saturated heterocycles. The highest BCUT2D eigenvalue weighted by molar-refractivity contribution is 5.80. The van der Waals surface area contributed by atoms with E-state index in [1.165, 1.54) is 12.1 Å². The SMILES string of the molecule is CC(C(N)=O)c1cn(Cc2ccc(F)cc2)nn1. The molecule has 0 bridgehead atoms. The molecule has 94 valence electrons. The zero-order valence-corrected chi connectivity index (χ0v) is 9.88. The minimum Gasteiger partial charge on any atom is -0.369 e. The van der Waals surface area contributed by atoms with Crippen molar-refractivity contribution in [1.82, 2.24) is 15.0 Å². The van der Waals surface area contributed by atoms with Crippen LogP contribution in [0.15, 0.2) is 30.5 Å². The zero-order valence-electron chi connectivity index (χ0n) is 9.88. The Kier molecular flexibility index (Phi) is 3.36. The second-order valence-corrected chi connectivity index (χ2v) is 4.09. The molecule has 2 aromatic rings. The predicted molar refractivity (Wildman–Crippen MR) is 63.1 cm³/mol. The predicted octanol–water partition coefficient (Wildman–Crippen LogP) is 1.05. The molecule has 2 N–H and O–H groups in total. The van der Waals surface area contributed by atoms with Crippen LogP contribution in [0.2, 0.25) is 0 Å². The standard InChI is InChI=1S/C12H13FN4O/c1-8(12(14)18)11-7-17(16-15-11)6-9-2-4-10(13)5-3-9/h2-5,7-8H,6H2,1H3,(H2,14,18). The maximum absolute atomic E-state index is 12.7. The van der Waals surface area contributed by atoms with E-state index in [0.717, 1.165) is 5.56 Å². The molecular weight excluding hydrogens is 235 g/mol. The molecule has 1 aromatic heterocycles. The molecule has 1 heterocycles. The second kappa shape index (κ2) is 4.95. The molecule has 1 amide bonds. The minimum absolute atomic E-state index is 0.277. The van der Waals surface area contributed by atoms with Gasteiger partial charge in [-0.1, -0.05) is 17.3 Å². The number of rotatable bonds is 4. The van der Waals surface area contributed by atoms with Gasteiger partial charge < -0.3 is 5.73 Å². The van der Waals surface area contributed by atoms with Crippen LogP contribution >= 0.6 is 0 Å². The van der Waals surface area contributed by atoms with Crippen LogP contribution in [-0.2, 0) is 11.3 Å². The van der Waals surface area contributed by atoms with Crippen LogP contribution in [-0.4, -0.2) is 20.9 Å². The van der Waals surface area contributed by atoms with Crippen molar-refractivity contribution < 1.29 is 9.18 Å². The van der Waals surface area contributed by atoms with Crippen molar-refractivity contribution in [3.8, 4) is 0 Å². The third kappa shape index (κ3) is 2.71. The Balaban J connectivity index is 2.11. The number of nitrogens with zero attached hydrogens (tertiary/aromatic N) is 3. The van der Waals surface area contributed by atoms with Crippen LogP contribution in [0.5, 0.6) is 0 Å². The highest BCUT2D eigenvalue weighted by Crippen LogP contribution is 2.11. The zero-order chi connectivity index (χ0) is 13.1. The second-order valence-electron chi connectivity index (χ2n) is 4.09. The number of primary amides is 1. The van der Waals surface area contributed by atoms with Crippen molar-refractivity contribution in [2.45, 2.75) is 19.4 Å². The van der Waals surface area contributed by atoms with Gasteiger partial charge in [0.1, 0.15) is 5.82 Å². The lowest BCUT2D eigenvalue weighted by Crippen LogP contribution is -2.18. The molecule has 2 rings (SSSR count). The normalized spacial score (nSPS) is 12.3. The van der Waals surface area contributed by atoms with Crippen molar-refractivity contribution in [3.63, 3.8) is 0 Å². The number of hydrogen-bond donors (Lipinski definition) is 1. The highest BCUT2D eigenvalue weighted by Gasteiger charge is 2.15. The first-order valence-electron chi connectivity index (χ1n) is 5.50. The van der Waals surface area contributed by atoms with Gasteiger partial charge in [0.15, 0.2) is 0 Å². The number of nitrogens with two attached hydrogens (primary N) is 1. The fourth-order valence-corrected chi connectivity index (χ4v) is 1.51. The van der Waals surface area contributed by atoms with Crippen molar-refractivity contribution in [1.29, 1.82) is 0 Å². The lowest BCUT2D eigenvalue weighted by atomic mass is 10.1. The Morgan fingerprint density at radius 2 is 2.11 bits per heavy atom. The number of aromatic nitrogens is 3. The number of halogens is 1. The van der Waals surface area contributed by atoms with Crippen molar-refractivity contribution in [2.24, 2.45) is 5.73 Å². The lowest BCUT2D eigenvalue weighted by molar-refractivity contribution is -0.119. The maximum atomic E-state index is 12.7. The first kappa shape index (κ1) is 12.2. The van der Waals surface area contributed by atoms with Gasteiger partial charge >= 0.3 is 0 Å². The van der Waals surface area contributed by atoms with E-state index in [0.29, 0.717) is 12.2 Å². The summed E-state index contributed by atoms with van der Waals surface area (Å²) in [5, 5.41) is 7.79. The monoisotopic (exact) mass is 248 g/mol. The van der Waals surface area contributed by atoms with Gasteiger partial charge in [0, 0.05) is 6.20 Å². The maximum Gasteiger partial charge on any atom is 0.226 e. The third-order valence-electron chi connectivity index (χ3n) is 2.68. The van der Waals surface area contributed by atoms with Gasteiger partial charge in [-0.2, -0.15) is 0 Å². The molecule has 1 aromatic carbocycles. The topological polar surface area (TPSA) is 73.8 Å². The van der Waals surface area contributed by atoms with Gasteiger partial charge in [0.25, 0.3) is 0 Å². The third-order valence-corrected chi connectivity index (χ3v) is 2.68. The van der Waals surface area contributed by atoms with Gasteiger partial charge in [-0.05, 0) is 24.6 Å². The van der Waals surface area contributed by atoms with Crippen molar-refractivity contribution in [3.05, 3.63) is 47.5 Å². The average molecular weight is 248 g/mol. The van der Waals surface area contributed by atoms with Gasteiger partial charge in [-0.25, -0.2) is 9.07 Å². The average Bonchev–Trinajstić information content (AvgIpc) is 2.79. The smallest absolute Gasteiger partial charge is 0.226 e. The van der Waals surface area contributed by atoms with Crippen LogP contribution in [0.3, 0.4) is 0 Å². The molecule has 1 unspecified atom stereocenters. The summed E-state index contributed by atoms with van der Waals surface area (Å²) in [6, 6.07) is 6.13. The number of carbonyl (C=O) groups excluding carboxylic acids is 1. The Bertz CT molecular complexity index is 549. The first-order valence-corrected chi connectivity index (χ1v) is 5.50. The molecule has 0 radical (unpaired) electrons. The van der Waals surface area contributed by atoms with E-state index in [1.54, 1.807) is 29.9 Å². The summed E-state index contributed by atoms with van der Waals surface area (Å²) in [6.45, 7) is 2.15. The van der Waals surface area contributed by atoms with Crippen LogP contribution in [0.25, 0.3) is 0 Å². The van der Waals surface area contributed by atoms with Gasteiger partial charge in [0.2, 0.25) is 5.91 Å². The Hall–Kier alpha value is -2.24. The van der Waals surface area contributed by atoms with Crippen molar-refractivity contribution in [2.75, 3.05) is 0 Å². The summed E-state index contributed by atoms with van der Waals surface area (Å²) in [6.07, 6.45) is 1.67. The van der Waals surface area contributed by atoms with E-state index < -0.39 is 11.8 Å². The minimum atomic E-state index is -0.466. The number of benzene rings is 1. The van der Waals surface area contributed by atoms with E-state index in [2.05, 4.69) is 10.3 Å². The fourth-order valence-electron chi connectivity index (χ4n) is 1.51. The molecule has 5 nitrogen and oxygen atoms in total. The van der Waals surface area contributed by atoms with E-state index in [4.69, 9.17) is 5.73 Å². The molecule has 6 heteroatoms. The molecule has 0 saturated carbocycles. The van der Waals surface area contributed by atoms with E-state index in [-0.39, 0.29) is 5.82 Å². The summed E-state index contributed by atoms with van der Waals surface area (Å²) in [5.74, 6) is -1.18. The summed E-state index contributed by atoms with van der Waals surface area (Å²) in [7, 11) is 0. The van der Waals surface area contributed by atoms with E-state index >= 15 is 0 Å². The summed E-state index contributed by atoms with van der Waals surface area (Å²) >= 11 is 0. The molecule has 0 spiro atoms. The van der Waals surface area contributed by atoms with Crippen LogP contribution in [0, 0.1) is 5.82 Å². The van der Waals surface area contributed by atoms with Gasteiger partial charge in [0.05, 0.1) is 18.2 Å². The molecule has 0 aliphatic rings. The summed E-state index contributed by atoms with van der Waals surface area (Å²) < 4.78 is 14.3.